The fourth-order valence-electron chi connectivity index (χ4n) is 1.59. The van der Waals surface area contributed by atoms with Gasteiger partial charge in [-0.1, -0.05) is 6.92 Å². The molecule has 0 saturated heterocycles. The number of nitrogens with one attached hydrogen (secondary N) is 2. The van der Waals surface area contributed by atoms with E-state index in [1.807, 2.05) is 18.7 Å². The van der Waals surface area contributed by atoms with E-state index in [0.29, 0.717) is 19.4 Å². The van der Waals surface area contributed by atoms with Gasteiger partial charge in [0.2, 0.25) is 0 Å². The van der Waals surface area contributed by atoms with E-state index in [1.165, 1.54) is 0 Å². The number of ether oxygens (including phenoxy) is 1. The smallest absolute Gasteiger partial charge is 0.326 e. The van der Waals surface area contributed by atoms with Gasteiger partial charge in [0.1, 0.15) is 6.04 Å². The average Bonchev–Trinajstić information content (AvgIpc) is 2.37. The summed E-state index contributed by atoms with van der Waals surface area (Å²) in [5.41, 5.74) is 0. The average molecular weight is 306 g/mol. The maximum atomic E-state index is 11.7. The largest absolute Gasteiger partial charge is 0.480 e. The van der Waals surface area contributed by atoms with Crippen molar-refractivity contribution >= 4 is 23.8 Å². The van der Waals surface area contributed by atoms with Gasteiger partial charge in [-0.2, -0.15) is 11.8 Å². The van der Waals surface area contributed by atoms with E-state index in [-0.39, 0.29) is 6.04 Å². The van der Waals surface area contributed by atoms with Crippen LogP contribution in [0.4, 0.5) is 4.79 Å². The normalized spacial score (nSPS) is 13.6. The molecule has 0 spiro atoms. The number of carboxylic acids is 1. The first-order valence-corrected chi connectivity index (χ1v) is 8.03. The van der Waals surface area contributed by atoms with Crippen LogP contribution in [0.1, 0.15) is 33.1 Å². The first-order chi connectivity index (χ1) is 9.51. The molecular weight excluding hydrogens is 280 g/mol. The number of hydrogen-bond acceptors (Lipinski definition) is 4. The van der Waals surface area contributed by atoms with Gasteiger partial charge in [-0.25, -0.2) is 9.59 Å². The molecule has 0 aliphatic carbocycles. The predicted molar refractivity (Wildman–Crippen MR) is 81.3 cm³/mol. The Morgan fingerprint density at radius 3 is 2.55 bits per heavy atom. The number of methoxy groups -OCH3 is 1. The quantitative estimate of drug-likeness (QED) is 0.506. The van der Waals surface area contributed by atoms with Crippen LogP contribution in [0.15, 0.2) is 0 Å². The van der Waals surface area contributed by atoms with Crippen molar-refractivity contribution in [3.63, 3.8) is 0 Å². The van der Waals surface area contributed by atoms with Crippen LogP contribution in [0.2, 0.25) is 0 Å². The van der Waals surface area contributed by atoms with Crippen molar-refractivity contribution in [3.05, 3.63) is 0 Å². The number of thioether (sulfide) groups is 1. The Morgan fingerprint density at radius 1 is 1.30 bits per heavy atom. The molecule has 7 heteroatoms. The van der Waals surface area contributed by atoms with Crippen molar-refractivity contribution < 1.29 is 19.4 Å². The van der Waals surface area contributed by atoms with E-state index < -0.39 is 18.0 Å². The van der Waals surface area contributed by atoms with Gasteiger partial charge in [-0.05, 0) is 37.7 Å². The molecule has 0 bridgehead atoms. The van der Waals surface area contributed by atoms with Gasteiger partial charge in [-0.3, -0.25) is 0 Å². The molecule has 2 unspecified atom stereocenters. The lowest BCUT2D eigenvalue weighted by Crippen LogP contribution is -2.48. The van der Waals surface area contributed by atoms with E-state index >= 15 is 0 Å². The summed E-state index contributed by atoms with van der Waals surface area (Å²) in [6.45, 7) is 4.49. The minimum atomic E-state index is -1.02. The summed E-state index contributed by atoms with van der Waals surface area (Å²) in [5.74, 6) is 1.01. The Labute approximate surface area is 125 Å². The summed E-state index contributed by atoms with van der Waals surface area (Å²) in [4.78, 5) is 22.7. The number of carbonyl (C=O) groups is 2. The molecule has 0 aromatic rings. The summed E-state index contributed by atoms with van der Waals surface area (Å²) < 4.78 is 4.87. The van der Waals surface area contributed by atoms with Gasteiger partial charge in [0.15, 0.2) is 0 Å². The number of carboxylic acid groups (broad SMARTS) is 1. The zero-order valence-electron chi connectivity index (χ0n) is 12.5. The molecule has 2 amide bonds. The maximum Gasteiger partial charge on any atom is 0.326 e. The summed E-state index contributed by atoms with van der Waals surface area (Å²) in [5, 5.41) is 14.3. The van der Waals surface area contributed by atoms with Crippen molar-refractivity contribution in [1.29, 1.82) is 0 Å². The standard InChI is InChI=1S/C13H26N2O4S/c1-4-20-9-7-10(2)14-13(18)15-11(12(16)17)6-5-8-19-3/h10-11H,4-9H2,1-3H3,(H,16,17)(H2,14,15,18). The van der Waals surface area contributed by atoms with Gasteiger partial charge in [0.05, 0.1) is 0 Å². The second kappa shape index (κ2) is 11.8. The second-order valence-electron chi connectivity index (χ2n) is 4.53. The molecular formula is C13H26N2O4S. The highest BCUT2D eigenvalue weighted by Gasteiger charge is 2.20. The number of carbonyl (C=O) groups excluding carboxylic acids is 1. The van der Waals surface area contributed by atoms with Crippen molar-refractivity contribution in [2.75, 3.05) is 25.2 Å². The Balaban J connectivity index is 4.02. The molecule has 6 nitrogen and oxygen atoms in total. The van der Waals surface area contributed by atoms with Crippen LogP contribution in [-0.2, 0) is 9.53 Å². The van der Waals surface area contributed by atoms with E-state index in [0.717, 1.165) is 17.9 Å². The van der Waals surface area contributed by atoms with Crippen LogP contribution in [0.5, 0.6) is 0 Å². The third-order valence-electron chi connectivity index (χ3n) is 2.72. The molecule has 0 rings (SSSR count). The third-order valence-corrected chi connectivity index (χ3v) is 3.65. The highest BCUT2D eigenvalue weighted by molar-refractivity contribution is 7.99. The lowest BCUT2D eigenvalue weighted by atomic mass is 10.1. The highest BCUT2D eigenvalue weighted by Crippen LogP contribution is 2.04. The Bertz CT molecular complexity index is 290. The second-order valence-corrected chi connectivity index (χ2v) is 5.92. The monoisotopic (exact) mass is 306 g/mol. The molecule has 0 saturated carbocycles. The molecule has 0 aliphatic heterocycles. The number of rotatable bonds is 11. The van der Waals surface area contributed by atoms with Gasteiger partial charge in [0, 0.05) is 19.8 Å². The molecule has 2 atom stereocenters. The molecule has 0 fully saturated rings. The fraction of sp³-hybridized carbons (Fsp3) is 0.846. The first kappa shape index (κ1) is 19.1. The lowest BCUT2D eigenvalue weighted by molar-refractivity contribution is -0.139. The Morgan fingerprint density at radius 2 is 2.00 bits per heavy atom. The van der Waals surface area contributed by atoms with Crippen molar-refractivity contribution in [2.24, 2.45) is 0 Å². The topological polar surface area (TPSA) is 87.7 Å². The molecule has 118 valence electrons. The summed E-state index contributed by atoms with van der Waals surface area (Å²) >= 11 is 1.82. The molecule has 3 N–H and O–H groups in total. The van der Waals surface area contributed by atoms with Crippen LogP contribution in [0.3, 0.4) is 0 Å². The fourth-order valence-corrected chi connectivity index (χ4v) is 2.40. The van der Waals surface area contributed by atoms with Crippen molar-refractivity contribution in [2.45, 2.75) is 45.2 Å². The SMILES string of the molecule is CCSCCC(C)NC(=O)NC(CCCOC)C(=O)O. The van der Waals surface area contributed by atoms with Crippen molar-refractivity contribution in [1.82, 2.24) is 10.6 Å². The van der Waals surface area contributed by atoms with E-state index in [4.69, 9.17) is 9.84 Å². The number of amides is 2. The molecule has 20 heavy (non-hydrogen) atoms. The number of hydrogen-bond donors (Lipinski definition) is 3. The van der Waals surface area contributed by atoms with Gasteiger partial charge in [0.25, 0.3) is 0 Å². The minimum Gasteiger partial charge on any atom is -0.480 e. The Kier molecular flexibility index (Phi) is 11.3. The van der Waals surface area contributed by atoms with Gasteiger partial charge < -0.3 is 20.5 Å². The summed E-state index contributed by atoms with van der Waals surface area (Å²) in [6.07, 6.45) is 1.82. The lowest BCUT2D eigenvalue weighted by Gasteiger charge is -2.18. The molecule has 0 aliphatic rings. The predicted octanol–water partition coefficient (Wildman–Crippen LogP) is 1.70. The van der Waals surface area contributed by atoms with Crippen molar-refractivity contribution in [3.8, 4) is 0 Å². The van der Waals surface area contributed by atoms with E-state index in [9.17, 15) is 9.59 Å². The van der Waals surface area contributed by atoms with Crippen LogP contribution < -0.4 is 10.6 Å². The first-order valence-electron chi connectivity index (χ1n) is 6.87. The van der Waals surface area contributed by atoms with Crippen LogP contribution in [-0.4, -0.2) is 54.4 Å². The summed E-state index contributed by atoms with van der Waals surface area (Å²) in [6, 6.07) is -1.27. The molecule has 0 heterocycles. The highest BCUT2D eigenvalue weighted by atomic mass is 32.2. The van der Waals surface area contributed by atoms with E-state index in [1.54, 1.807) is 7.11 Å². The minimum absolute atomic E-state index is 0.0301. The Hall–Kier alpha value is -0.950. The summed E-state index contributed by atoms with van der Waals surface area (Å²) in [7, 11) is 1.56. The number of urea groups is 1. The van der Waals surface area contributed by atoms with Gasteiger partial charge in [-0.15, -0.1) is 0 Å². The van der Waals surface area contributed by atoms with Gasteiger partial charge >= 0.3 is 12.0 Å². The maximum absolute atomic E-state index is 11.7. The van der Waals surface area contributed by atoms with Crippen LogP contribution in [0, 0.1) is 0 Å². The molecule has 0 radical (unpaired) electrons. The van der Waals surface area contributed by atoms with E-state index in [2.05, 4.69) is 17.6 Å². The van der Waals surface area contributed by atoms with Crippen LogP contribution in [0.25, 0.3) is 0 Å². The zero-order valence-corrected chi connectivity index (χ0v) is 13.3. The molecule has 0 aromatic carbocycles. The zero-order chi connectivity index (χ0) is 15.4. The number of aliphatic carboxylic acids is 1. The third kappa shape index (κ3) is 9.91. The molecule has 0 aromatic heterocycles. The van der Waals surface area contributed by atoms with Crippen LogP contribution >= 0.6 is 11.8 Å².